The van der Waals surface area contributed by atoms with Gasteiger partial charge in [-0.25, -0.2) is 4.79 Å². The Hall–Kier alpha value is -2.49. The van der Waals surface area contributed by atoms with Gasteiger partial charge in [-0.3, -0.25) is 0 Å². The summed E-state index contributed by atoms with van der Waals surface area (Å²) in [7, 11) is 0. The molecule has 22 heavy (non-hydrogen) atoms. The molecule has 0 saturated carbocycles. The molecule has 0 unspecified atom stereocenters. The van der Waals surface area contributed by atoms with Gasteiger partial charge in [-0.1, -0.05) is 12.1 Å². The van der Waals surface area contributed by atoms with Crippen LogP contribution in [0.5, 0.6) is 0 Å². The van der Waals surface area contributed by atoms with Gasteiger partial charge in [0, 0.05) is 37.6 Å². The van der Waals surface area contributed by atoms with Gasteiger partial charge in [0.1, 0.15) is 0 Å². The van der Waals surface area contributed by atoms with E-state index in [1.165, 1.54) is 11.3 Å². The molecular weight excluding hydrogens is 276 g/mol. The zero-order chi connectivity index (χ0) is 15.5. The number of hydrogen-bond donors (Lipinski definition) is 1. The molecule has 4 heteroatoms. The minimum atomic E-state index is -0.879. The van der Waals surface area contributed by atoms with Crippen LogP contribution in [0.3, 0.4) is 0 Å². The highest BCUT2D eigenvalue weighted by atomic mass is 16.4. The molecule has 0 aromatic heterocycles. The Labute approximate surface area is 130 Å². The quantitative estimate of drug-likeness (QED) is 0.945. The van der Waals surface area contributed by atoms with Crippen molar-refractivity contribution in [3.8, 4) is 0 Å². The molecule has 1 N–H and O–H groups in total. The fourth-order valence-corrected chi connectivity index (χ4v) is 2.86. The summed E-state index contributed by atoms with van der Waals surface area (Å²) < 4.78 is 0. The number of rotatable bonds is 3. The number of benzene rings is 2. The van der Waals surface area contributed by atoms with E-state index in [9.17, 15) is 4.79 Å². The molecule has 2 aromatic carbocycles. The second kappa shape index (κ2) is 6.10. The van der Waals surface area contributed by atoms with E-state index in [0.717, 1.165) is 31.9 Å². The minimum absolute atomic E-state index is 0.335. The lowest BCUT2D eigenvalue weighted by atomic mass is 10.1. The third-order valence-electron chi connectivity index (χ3n) is 4.13. The first-order valence-corrected chi connectivity index (χ1v) is 7.53. The van der Waals surface area contributed by atoms with Crippen molar-refractivity contribution >= 4 is 17.3 Å². The zero-order valence-corrected chi connectivity index (χ0v) is 12.7. The molecular formula is C18H20N2O2. The Morgan fingerprint density at radius 2 is 1.50 bits per heavy atom. The van der Waals surface area contributed by atoms with Crippen LogP contribution in [0.15, 0.2) is 48.5 Å². The van der Waals surface area contributed by atoms with Crippen LogP contribution >= 0.6 is 0 Å². The second-order valence-electron chi connectivity index (χ2n) is 5.67. The molecule has 0 bridgehead atoms. The van der Waals surface area contributed by atoms with Gasteiger partial charge in [0.25, 0.3) is 0 Å². The van der Waals surface area contributed by atoms with Crippen molar-refractivity contribution in [2.75, 3.05) is 36.0 Å². The number of aromatic carboxylic acids is 1. The van der Waals surface area contributed by atoms with Gasteiger partial charge >= 0.3 is 5.97 Å². The summed E-state index contributed by atoms with van der Waals surface area (Å²) in [5.41, 5.74) is 3.99. The highest BCUT2D eigenvalue weighted by Gasteiger charge is 2.17. The SMILES string of the molecule is Cc1cccc(N2CCN(c3ccc(C(=O)O)cc3)CC2)c1. The minimum Gasteiger partial charge on any atom is -0.478 e. The van der Waals surface area contributed by atoms with Crippen molar-refractivity contribution in [2.24, 2.45) is 0 Å². The van der Waals surface area contributed by atoms with Gasteiger partial charge in [-0.05, 0) is 48.9 Å². The number of nitrogens with zero attached hydrogens (tertiary/aromatic N) is 2. The molecule has 1 aliphatic heterocycles. The number of piperazine rings is 1. The molecule has 1 heterocycles. The first kappa shape index (κ1) is 14.4. The number of carboxylic acids is 1. The lowest BCUT2D eigenvalue weighted by Crippen LogP contribution is -2.46. The summed E-state index contributed by atoms with van der Waals surface area (Å²) in [6, 6.07) is 15.7. The van der Waals surface area contributed by atoms with Gasteiger partial charge in [0.05, 0.1) is 5.56 Å². The average molecular weight is 296 g/mol. The molecule has 3 rings (SSSR count). The number of aryl methyl sites for hydroxylation is 1. The molecule has 0 aliphatic carbocycles. The summed E-state index contributed by atoms with van der Waals surface area (Å²) in [5.74, 6) is -0.879. The van der Waals surface area contributed by atoms with Crippen LogP contribution in [-0.2, 0) is 0 Å². The molecule has 0 radical (unpaired) electrons. The lowest BCUT2D eigenvalue weighted by molar-refractivity contribution is 0.0697. The van der Waals surface area contributed by atoms with E-state index in [0.29, 0.717) is 5.56 Å². The number of carboxylic acid groups (broad SMARTS) is 1. The first-order valence-electron chi connectivity index (χ1n) is 7.53. The smallest absolute Gasteiger partial charge is 0.335 e. The molecule has 0 atom stereocenters. The first-order chi connectivity index (χ1) is 10.6. The predicted octanol–water partition coefficient (Wildman–Crippen LogP) is 3.02. The molecule has 2 aromatic rings. The zero-order valence-electron chi connectivity index (χ0n) is 12.7. The molecule has 1 aliphatic rings. The molecule has 1 fully saturated rings. The Morgan fingerprint density at radius 3 is 2.05 bits per heavy atom. The van der Waals surface area contributed by atoms with Crippen molar-refractivity contribution in [2.45, 2.75) is 6.92 Å². The predicted molar refractivity (Wildman–Crippen MR) is 89.0 cm³/mol. The van der Waals surface area contributed by atoms with E-state index < -0.39 is 5.97 Å². The Balaban J connectivity index is 1.65. The van der Waals surface area contributed by atoms with E-state index in [4.69, 9.17) is 5.11 Å². The van der Waals surface area contributed by atoms with Crippen molar-refractivity contribution < 1.29 is 9.90 Å². The Morgan fingerprint density at radius 1 is 0.909 bits per heavy atom. The monoisotopic (exact) mass is 296 g/mol. The van der Waals surface area contributed by atoms with Crippen molar-refractivity contribution in [3.63, 3.8) is 0 Å². The fourth-order valence-electron chi connectivity index (χ4n) is 2.86. The molecule has 4 nitrogen and oxygen atoms in total. The summed E-state index contributed by atoms with van der Waals surface area (Å²) in [6.45, 7) is 5.96. The van der Waals surface area contributed by atoms with Crippen molar-refractivity contribution in [1.82, 2.24) is 0 Å². The van der Waals surface area contributed by atoms with Gasteiger partial charge < -0.3 is 14.9 Å². The van der Waals surface area contributed by atoms with Crippen LogP contribution < -0.4 is 9.80 Å². The van der Waals surface area contributed by atoms with E-state index in [-0.39, 0.29) is 0 Å². The Kier molecular flexibility index (Phi) is 4.00. The average Bonchev–Trinajstić information content (AvgIpc) is 2.55. The van der Waals surface area contributed by atoms with Crippen LogP contribution in [0, 0.1) is 6.92 Å². The largest absolute Gasteiger partial charge is 0.478 e. The summed E-state index contributed by atoms with van der Waals surface area (Å²) >= 11 is 0. The summed E-state index contributed by atoms with van der Waals surface area (Å²) in [5, 5.41) is 8.95. The van der Waals surface area contributed by atoms with Crippen LogP contribution in [0.2, 0.25) is 0 Å². The maximum atomic E-state index is 10.9. The van der Waals surface area contributed by atoms with E-state index >= 15 is 0 Å². The highest BCUT2D eigenvalue weighted by molar-refractivity contribution is 5.88. The van der Waals surface area contributed by atoms with E-state index in [1.807, 2.05) is 12.1 Å². The third kappa shape index (κ3) is 3.06. The normalized spacial score (nSPS) is 15.0. The third-order valence-corrected chi connectivity index (χ3v) is 4.13. The number of carbonyl (C=O) groups is 1. The maximum Gasteiger partial charge on any atom is 0.335 e. The van der Waals surface area contributed by atoms with Gasteiger partial charge in [-0.15, -0.1) is 0 Å². The van der Waals surface area contributed by atoms with Gasteiger partial charge in [-0.2, -0.15) is 0 Å². The number of anilines is 2. The molecule has 0 amide bonds. The molecule has 114 valence electrons. The van der Waals surface area contributed by atoms with Crippen LogP contribution in [0.25, 0.3) is 0 Å². The van der Waals surface area contributed by atoms with Gasteiger partial charge in [0.15, 0.2) is 0 Å². The van der Waals surface area contributed by atoms with E-state index in [1.54, 1.807) is 12.1 Å². The molecule has 0 spiro atoms. The maximum absolute atomic E-state index is 10.9. The standard InChI is InChI=1S/C18H20N2O2/c1-14-3-2-4-17(13-14)20-11-9-19(10-12-20)16-7-5-15(6-8-16)18(21)22/h2-8,13H,9-12H2,1H3,(H,21,22). The van der Waals surface area contributed by atoms with E-state index in [2.05, 4.69) is 41.0 Å². The van der Waals surface area contributed by atoms with Crippen LogP contribution in [0.1, 0.15) is 15.9 Å². The number of hydrogen-bond acceptors (Lipinski definition) is 3. The van der Waals surface area contributed by atoms with Gasteiger partial charge in [0.2, 0.25) is 0 Å². The summed E-state index contributed by atoms with van der Waals surface area (Å²) in [4.78, 5) is 15.6. The highest BCUT2D eigenvalue weighted by Crippen LogP contribution is 2.21. The topological polar surface area (TPSA) is 43.8 Å². The molecule has 1 saturated heterocycles. The summed E-state index contributed by atoms with van der Waals surface area (Å²) in [6.07, 6.45) is 0. The van der Waals surface area contributed by atoms with Crippen molar-refractivity contribution in [3.05, 3.63) is 59.7 Å². The second-order valence-corrected chi connectivity index (χ2v) is 5.67. The van der Waals surface area contributed by atoms with Crippen LogP contribution in [0.4, 0.5) is 11.4 Å². The fraction of sp³-hybridized carbons (Fsp3) is 0.278. The Bertz CT molecular complexity index is 659. The van der Waals surface area contributed by atoms with Crippen LogP contribution in [-0.4, -0.2) is 37.3 Å². The lowest BCUT2D eigenvalue weighted by Gasteiger charge is -2.37. The van der Waals surface area contributed by atoms with Crippen molar-refractivity contribution in [1.29, 1.82) is 0 Å².